The maximum Gasteiger partial charge on any atom is 0.0620 e. The number of rotatable bonds is 3. The molecule has 1 unspecified atom stereocenters. The zero-order chi connectivity index (χ0) is 11.9. The van der Waals surface area contributed by atoms with Crippen LogP contribution in [-0.2, 0) is 4.74 Å². The Bertz CT molecular complexity index is 269. The van der Waals surface area contributed by atoms with Gasteiger partial charge < -0.3 is 10.1 Å². The lowest BCUT2D eigenvalue weighted by atomic mass is 9.51. The summed E-state index contributed by atoms with van der Waals surface area (Å²) in [6.45, 7) is 2.92. The van der Waals surface area contributed by atoms with Gasteiger partial charge in [-0.15, -0.1) is 0 Å². The van der Waals surface area contributed by atoms with Crippen LogP contribution in [0, 0.1) is 29.6 Å². The third-order valence-corrected chi connectivity index (χ3v) is 6.27. The predicted octanol–water partition coefficient (Wildman–Crippen LogP) is 2.83. The van der Waals surface area contributed by atoms with E-state index in [2.05, 4.69) is 5.32 Å². The highest BCUT2D eigenvalue weighted by molar-refractivity contribution is 4.98. The maximum atomic E-state index is 5.58. The third kappa shape index (κ3) is 2.12. The minimum absolute atomic E-state index is 0.649. The van der Waals surface area contributed by atoms with E-state index in [0.717, 1.165) is 49.3 Å². The zero-order valence-corrected chi connectivity index (χ0v) is 11.4. The molecule has 0 radical (unpaired) electrons. The summed E-state index contributed by atoms with van der Waals surface area (Å²) in [5.74, 6) is 5.53. The molecule has 1 saturated heterocycles. The molecular weight excluding hydrogens is 222 g/mol. The molecule has 5 fully saturated rings. The first kappa shape index (κ1) is 11.7. The van der Waals surface area contributed by atoms with Crippen molar-refractivity contribution >= 4 is 0 Å². The van der Waals surface area contributed by atoms with Gasteiger partial charge in [0, 0.05) is 12.6 Å². The Morgan fingerprint density at radius 3 is 2.22 bits per heavy atom. The standard InChI is InChI=1S/C16H27NO/c1(15-10-18-4-3-17-15)2-16-13-6-11-5-12(8-13)9-14(16)7-11/h11-17H,1-10H2. The molecule has 4 saturated carbocycles. The molecule has 18 heavy (non-hydrogen) atoms. The lowest BCUT2D eigenvalue weighted by Crippen LogP contribution is -2.46. The normalized spacial score (nSPS) is 50.7. The second-order valence-corrected chi connectivity index (χ2v) is 7.40. The first-order valence-electron chi connectivity index (χ1n) is 8.19. The van der Waals surface area contributed by atoms with Crippen LogP contribution in [0.15, 0.2) is 0 Å². The Kier molecular flexibility index (Phi) is 3.12. The van der Waals surface area contributed by atoms with Crippen LogP contribution in [0.4, 0.5) is 0 Å². The summed E-state index contributed by atoms with van der Waals surface area (Å²) in [7, 11) is 0. The van der Waals surface area contributed by atoms with E-state index >= 15 is 0 Å². The number of morpholine rings is 1. The van der Waals surface area contributed by atoms with Crippen molar-refractivity contribution in [2.24, 2.45) is 29.6 Å². The molecule has 2 heteroatoms. The van der Waals surface area contributed by atoms with Gasteiger partial charge in [0.2, 0.25) is 0 Å². The van der Waals surface area contributed by atoms with E-state index in [4.69, 9.17) is 4.74 Å². The molecule has 4 aliphatic carbocycles. The predicted molar refractivity (Wildman–Crippen MR) is 72.4 cm³/mol. The van der Waals surface area contributed by atoms with Gasteiger partial charge in [-0.1, -0.05) is 0 Å². The van der Waals surface area contributed by atoms with E-state index in [0.29, 0.717) is 6.04 Å². The second-order valence-electron chi connectivity index (χ2n) is 7.40. The molecule has 102 valence electrons. The van der Waals surface area contributed by atoms with Gasteiger partial charge >= 0.3 is 0 Å². The fourth-order valence-corrected chi connectivity index (χ4v) is 5.71. The quantitative estimate of drug-likeness (QED) is 0.830. The van der Waals surface area contributed by atoms with Crippen LogP contribution in [0.3, 0.4) is 0 Å². The van der Waals surface area contributed by atoms with E-state index in [1.54, 1.807) is 32.1 Å². The highest BCUT2D eigenvalue weighted by atomic mass is 16.5. The molecule has 0 aromatic heterocycles. The van der Waals surface area contributed by atoms with Gasteiger partial charge in [0.15, 0.2) is 0 Å². The van der Waals surface area contributed by atoms with Crippen molar-refractivity contribution in [3.05, 3.63) is 0 Å². The summed E-state index contributed by atoms with van der Waals surface area (Å²) < 4.78 is 5.58. The summed E-state index contributed by atoms with van der Waals surface area (Å²) in [5.41, 5.74) is 0. The molecule has 5 rings (SSSR count). The van der Waals surface area contributed by atoms with Crippen molar-refractivity contribution in [3.8, 4) is 0 Å². The van der Waals surface area contributed by atoms with Crippen molar-refractivity contribution in [1.29, 1.82) is 0 Å². The van der Waals surface area contributed by atoms with Crippen LogP contribution in [0.2, 0.25) is 0 Å². The van der Waals surface area contributed by atoms with Crippen LogP contribution in [-0.4, -0.2) is 25.8 Å². The van der Waals surface area contributed by atoms with E-state index in [1.807, 2.05) is 0 Å². The highest BCUT2D eigenvalue weighted by Crippen LogP contribution is 2.57. The molecule has 0 aromatic carbocycles. The summed E-state index contributed by atoms with van der Waals surface area (Å²) >= 11 is 0. The maximum absolute atomic E-state index is 5.58. The summed E-state index contributed by atoms with van der Waals surface area (Å²) in [5, 5.41) is 3.62. The largest absolute Gasteiger partial charge is 0.379 e. The minimum Gasteiger partial charge on any atom is -0.379 e. The van der Waals surface area contributed by atoms with Gasteiger partial charge in [-0.3, -0.25) is 0 Å². The zero-order valence-electron chi connectivity index (χ0n) is 11.4. The summed E-state index contributed by atoms with van der Waals surface area (Å²) in [4.78, 5) is 0. The minimum atomic E-state index is 0.649. The average Bonchev–Trinajstić information content (AvgIpc) is 2.38. The lowest BCUT2D eigenvalue weighted by molar-refractivity contribution is -0.0429. The van der Waals surface area contributed by atoms with Crippen molar-refractivity contribution in [2.45, 2.75) is 51.0 Å². The van der Waals surface area contributed by atoms with Gasteiger partial charge in [-0.05, 0) is 74.5 Å². The third-order valence-electron chi connectivity index (χ3n) is 6.27. The Balaban J connectivity index is 1.34. The fraction of sp³-hybridized carbons (Fsp3) is 1.00. The van der Waals surface area contributed by atoms with Crippen molar-refractivity contribution < 1.29 is 4.74 Å². The number of nitrogens with one attached hydrogen (secondary N) is 1. The second kappa shape index (κ2) is 4.79. The molecule has 1 heterocycles. The van der Waals surface area contributed by atoms with Crippen molar-refractivity contribution in [3.63, 3.8) is 0 Å². The van der Waals surface area contributed by atoms with Crippen LogP contribution < -0.4 is 5.32 Å². The Morgan fingerprint density at radius 2 is 1.61 bits per heavy atom. The van der Waals surface area contributed by atoms with E-state index < -0.39 is 0 Å². The molecule has 1 atom stereocenters. The molecule has 0 aromatic rings. The van der Waals surface area contributed by atoms with Crippen molar-refractivity contribution in [2.75, 3.05) is 19.8 Å². The summed E-state index contributed by atoms with van der Waals surface area (Å²) in [6.07, 6.45) is 10.7. The van der Waals surface area contributed by atoms with E-state index in [1.165, 1.54) is 12.8 Å². The molecule has 0 spiro atoms. The van der Waals surface area contributed by atoms with E-state index in [9.17, 15) is 0 Å². The van der Waals surface area contributed by atoms with Gasteiger partial charge in [0.05, 0.1) is 13.2 Å². The van der Waals surface area contributed by atoms with Crippen LogP contribution in [0.1, 0.15) is 44.9 Å². The Morgan fingerprint density at radius 1 is 0.889 bits per heavy atom. The first-order chi connectivity index (χ1) is 8.88. The number of hydrogen-bond donors (Lipinski definition) is 1. The number of ether oxygens (including phenoxy) is 1. The van der Waals surface area contributed by atoms with Crippen LogP contribution in [0.5, 0.6) is 0 Å². The van der Waals surface area contributed by atoms with Gasteiger partial charge in [-0.2, -0.15) is 0 Å². The summed E-state index contributed by atoms with van der Waals surface area (Å²) in [6, 6.07) is 0.649. The Labute approximate surface area is 111 Å². The van der Waals surface area contributed by atoms with Gasteiger partial charge in [0.25, 0.3) is 0 Å². The highest BCUT2D eigenvalue weighted by Gasteiger charge is 2.47. The molecule has 1 aliphatic heterocycles. The molecule has 5 aliphatic rings. The van der Waals surface area contributed by atoms with E-state index in [-0.39, 0.29) is 0 Å². The smallest absolute Gasteiger partial charge is 0.0620 e. The molecular formula is C16H27NO. The average molecular weight is 249 g/mol. The van der Waals surface area contributed by atoms with Gasteiger partial charge in [-0.25, -0.2) is 0 Å². The molecule has 4 bridgehead atoms. The van der Waals surface area contributed by atoms with Gasteiger partial charge in [0.1, 0.15) is 0 Å². The number of hydrogen-bond acceptors (Lipinski definition) is 2. The van der Waals surface area contributed by atoms with Crippen LogP contribution >= 0.6 is 0 Å². The fourth-order valence-electron chi connectivity index (χ4n) is 5.71. The molecule has 1 N–H and O–H groups in total. The Hall–Kier alpha value is -0.0800. The first-order valence-corrected chi connectivity index (χ1v) is 8.19. The monoisotopic (exact) mass is 249 g/mol. The lowest BCUT2D eigenvalue weighted by Gasteiger charge is -2.54. The SMILES string of the molecule is C1COCC(CCC2C3CC4CC(C3)CC2C4)N1. The molecule has 0 amide bonds. The van der Waals surface area contributed by atoms with Crippen molar-refractivity contribution in [1.82, 2.24) is 5.32 Å². The topological polar surface area (TPSA) is 21.3 Å². The van der Waals surface area contributed by atoms with Crippen LogP contribution in [0.25, 0.3) is 0 Å². The molecule has 2 nitrogen and oxygen atoms in total.